The van der Waals surface area contributed by atoms with E-state index in [0.717, 1.165) is 5.56 Å². The van der Waals surface area contributed by atoms with Gasteiger partial charge in [0.25, 0.3) is 11.5 Å². The first-order chi connectivity index (χ1) is 14.5. The van der Waals surface area contributed by atoms with Gasteiger partial charge in [-0.15, -0.1) is 0 Å². The Morgan fingerprint density at radius 3 is 2.27 bits per heavy atom. The van der Waals surface area contributed by atoms with E-state index in [2.05, 4.69) is 10.2 Å². The number of aromatic nitrogens is 2. The maximum Gasteiger partial charge on any atom is 0.275 e. The van der Waals surface area contributed by atoms with Crippen molar-refractivity contribution >= 4 is 32.8 Å². The fourth-order valence-electron chi connectivity index (χ4n) is 3.39. The topological polar surface area (TPSA) is 103 Å². The van der Waals surface area contributed by atoms with Gasteiger partial charge in [0.2, 0.25) is 10.0 Å². The predicted octanol–water partition coefficient (Wildman–Crippen LogP) is 1.68. The van der Waals surface area contributed by atoms with E-state index in [4.69, 9.17) is 0 Å². The van der Waals surface area contributed by atoms with Crippen LogP contribution in [0.1, 0.15) is 16.1 Å². The van der Waals surface area contributed by atoms with Crippen LogP contribution in [0.3, 0.4) is 0 Å². The van der Waals surface area contributed by atoms with Gasteiger partial charge < -0.3 is 4.90 Å². The van der Waals surface area contributed by atoms with Crippen molar-refractivity contribution in [1.29, 1.82) is 0 Å². The molecule has 0 radical (unpaired) electrons. The summed E-state index contributed by atoms with van der Waals surface area (Å²) in [5, 5.41) is 8.36. The van der Waals surface area contributed by atoms with E-state index >= 15 is 0 Å². The maximum absolute atomic E-state index is 13.0. The summed E-state index contributed by atoms with van der Waals surface area (Å²) in [6.07, 6.45) is 1.56. The van der Waals surface area contributed by atoms with Crippen LogP contribution in [0.2, 0.25) is 0 Å². The molecule has 1 aromatic heterocycles. The minimum absolute atomic E-state index is 0.158. The Kier molecular flexibility index (Phi) is 5.47. The van der Waals surface area contributed by atoms with Crippen molar-refractivity contribution in [2.75, 3.05) is 26.2 Å². The zero-order valence-corrected chi connectivity index (χ0v) is 16.9. The van der Waals surface area contributed by atoms with Crippen LogP contribution in [0.4, 0.5) is 0 Å². The number of rotatable bonds is 4. The molecule has 1 N–H and O–H groups in total. The van der Waals surface area contributed by atoms with Crippen LogP contribution in [0.25, 0.3) is 16.8 Å². The van der Waals surface area contributed by atoms with Crippen molar-refractivity contribution in [3.63, 3.8) is 0 Å². The van der Waals surface area contributed by atoms with Gasteiger partial charge >= 0.3 is 0 Å². The van der Waals surface area contributed by atoms with E-state index in [1.54, 1.807) is 35.2 Å². The molecule has 0 bridgehead atoms. The summed E-state index contributed by atoms with van der Waals surface area (Å²) >= 11 is 0. The number of carbonyl (C=O) groups excluding carboxylic acids is 1. The number of H-pyrrole nitrogens is 1. The molecule has 30 heavy (non-hydrogen) atoms. The zero-order chi connectivity index (χ0) is 21.1. The molecule has 1 aliphatic rings. The van der Waals surface area contributed by atoms with Gasteiger partial charge in [0.1, 0.15) is 0 Å². The summed E-state index contributed by atoms with van der Waals surface area (Å²) in [6, 6.07) is 16.0. The summed E-state index contributed by atoms with van der Waals surface area (Å²) in [6.45, 7) is 0.863. The lowest BCUT2D eigenvalue weighted by molar-refractivity contribution is 0.0693. The van der Waals surface area contributed by atoms with Gasteiger partial charge in [-0.05, 0) is 17.7 Å². The van der Waals surface area contributed by atoms with Gasteiger partial charge in [0, 0.05) is 37.0 Å². The summed E-state index contributed by atoms with van der Waals surface area (Å²) in [7, 11) is -3.58. The average Bonchev–Trinajstić information content (AvgIpc) is 2.79. The van der Waals surface area contributed by atoms with Gasteiger partial charge in [0.15, 0.2) is 5.69 Å². The van der Waals surface area contributed by atoms with Gasteiger partial charge in [-0.2, -0.15) is 9.40 Å². The standard InChI is InChI=1S/C21H20N4O4S/c26-20-18-9-5-4-8-17(18)19(22-23-20)21(27)24-11-13-25(14-12-24)30(28,29)15-10-16-6-2-1-3-7-16/h1-10,15H,11-14H2,(H,23,26). The average molecular weight is 424 g/mol. The third-order valence-electron chi connectivity index (χ3n) is 5.02. The van der Waals surface area contributed by atoms with Gasteiger partial charge in [0.05, 0.1) is 5.39 Å². The first-order valence-electron chi connectivity index (χ1n) is 9.46. The van der Waals surface area contributed by atoms with Crippen LogP contribution in [-0.2, 0) is 10.0 Å². The Hall–Kier alpha value is -3.30. The first-order valence-corrected chi connectivity index (χ1v) is 11.0. The molecule has 3 aromatic rings. The highest BCUT2D eigenvalue weighted by Gasteiger charge is 2.29. The first kappa shape index (κ1) is 20.0. The third-order valence-corrected chi connectivity index (χ3v) is 6.58. The highest BCUT2D eigenvalue weighted by molar-refractivity contribution is 7.92. The largest absolute Gasteiger partial charge is 0.335 e. The molecule has 0 saturated carbocycles. The van der Waals surface area contributed by atoms with E-state index in [1.165, 1.54) is 9.71 Å². The summed E-state index contributed by atoms with van der Waals surface area (Å²) in [5.41, 5.74) is 0.597. The predicted molar refractivity (Wildman–Crippen MR) is 114 cm³/mol. The van der Waals surface area contributed by atoms with Crippen LogP contribution in [0.15, 0.2) is 64.8 Å². The van der Waals surface area contributed by atoms with Crippen LogP contribution in [0.5, 0.6) is 0 Å². The number of amides is 1. The molecule has 0 unspecified atom stereocenters. The second-order valence-corrected chi connectivity index (χ2v) is 8.72. The number of nitrogens with zero attached hydrogens (tertiary/aromatic N) is 3. The molecule has 0 spiro atoms. The number of hydrogen-bond donors (Lipinski definition) is 1. The molecule has 1 fully saturated rings. The highest BCUT2D eigenvalue weighted by atomic mass is 32.2. The van der Waals surface area contributed by atoms with Crippen LogP contribution in [-0.4, -0.2) is 59.9 Å². The molecule has 8 nitrogen and oxygen atoms in total. The molecular weight excluding hydrogens is 404 g/mol. The number of hydrogen-bond acceptors (Lipinski definition) is 5. The number of benzene rings is 2. The fraction of sp³-hybridized carbons (Fsp3) is 0.190. The minimum atomic E-state index is -3.58. The smallest absolute Gasteiger partial charge is 0.275 e. The van der Waals surface area contributed by atoms with E-state index in [1.807, 2.05) is 30.3 Å². The highest BCUT2D eigenvalue weighted by Crippen LogP contribution is 2.17. The number of fused-ring (bicyclic) bond motifs is 1. The Morgan fingerprint density at radius 2 is 1.57 bits per heavy atom. The SMILES string of the molecule is O=C(c1n[nH]c(=O)c2ccccc12)N1CCN(S(=O)(=O)C=Cc2ccccc2)CC1. The Morgan fingerprint density at radius 1 is 0.933 bits per heavy atom. The monoisotopic (exact) mass is 424 g/mol. The summed E-state index contributed by atoms with van der Waals surface area (Å²) in [4.78, 5) is 26.4. The second-order valence-electron chi connectivity index (χ2n) is 6.90. The van der Waals surface area contributed by atoms with Gasteiger partial charge in [-0.25, -0.2) is 13.5 Å². The molecule has 9 heteroatoms. The van der Waals surface area contributed by atoms with E-state index in [9.17, 15) is 18.0 Å². The third kappa shape index (κ3) is 4.03. The van der Waals surface area contributed by atoms with Crippen LogP contribution < -0.4 is 5.56 Å². The van der Waals surface area contributed by atoms with Crippen molar-refractivity contribution in [2.24, 2.45) is 0 Å². The molecule has 1 aliphatic heterocycles. The number of aromatic amines is 1. The van der Waals surface area contributed by atoms with Crippen molar-refractivity contribution in [3.8, 4) is 0 Å². The van der Waals surface area contributed by atoms with Crippen molar-refractivity contribution < 1.29 is 13.2 Å². The van der Waals surface area contributed by atoms with Crippen molar-refractivity contribution in [2.45, 2.75) is 0 Å². The van der Waals surface area contributed by atoms with E-state index in [0.29, 0.717) is 10.8 Å². The van der Waals surface area contributed by atoms with E-state index in [-0.39, 0.29) is 43.3 Å². The van der Waals surface area contributed by atoms with Gasteiger partial charge in [-0.1, -0.05) is 48.5 Å². The number of piperazine rings is 1. The summed E-state index contributed by atoms with van der Waals surface area (Å²) in [5.74, 6) is -0.334. The quantitative estimate of drug-likeness (QED) is 0.686. The molecule has 154 valence electrons. The van der Waals surface area contributed by atoms with Crippen LogP contribution >= 0.6 is 0 Å². The number of nitrogens with one attached hydrogen (secondary N) is 1. The molecule has 2 aromatic carbocycles. The number of carbonyl (C=O) groups is 1. The minimum Gasteiger partial charge on any atom is -0.335 e. The zero-order valence-electron chi connectivity index (χ0n) is 16.1. The lowest BCUT2D eigenvalue weighted by atomic mass is 10.1. The molecule has 0 atom stereocenters. The molecule has 4 rings (SSSR count). The van der Waals surface area contributed by atoms with Crippen LogP contribution in [0, 0.1) is 0 Å². The maximum atomic E-state index is 13.0. The molecule has 1 saturated heterocycles. The lowest BCUT2D eigenvalue weighted by Gasteiger charge is -2.33. The Labute approximate surface area is 173 Å². The Balaban J connectivity index is 1.47. The second kappa shape index (κ2) is 8.21. The molecule has 1 amide bonds. The molecule has 2 heterocycles. The van der Waals surface area contributed by atoms with Crippen molar-refractivity contribution in [1.82, 2.24) is 19.4 Å². The van der Waals surface area contributed by atoms with E-state index < -0.39 is 10.0 Å². The summed E-state index contributed by atoms with van der Waals surface area (Å²) < 4.78 is 26.6. The van der Waals surface area contributed by atoms with Crippen molar-refractivity contribution in [3.05, 3.63) is 81.6 Å². The lowest BCUT2D eigenvalue weighted by Crippen LogP contribution is -2.50. The molecular formula is C21H20N4O4S. The number of sulfonamides is 1. The Bertz CT molecular complexity index is 1260. The normalized spacial score (nSPS) is 15.7. The molecule has 0 aliphatic carbocycles. The fourth-order valence-corrected chi connectivity index (χ4v) is 4.56. The van der Waals surface area contributed by atoms with Gasteiger partial charge in [-0.3, -0.25) is 9.59 Å².